The molecular weight excluding hydrogens is 194 g/mol. The Bertz CT molecular complexity index is 428. The molecule has 2 aromatic heterocycles. The Kier molecular flexibility index (Phi) is 2.64. The van der Waals surface area contributed by atoms with Crippen LogP contribution in [0.25, 0.3) is 0 Å². The third kappa shape index (κ3) is 1.97. The highest BCUT2D eigenvalue weighted by atomic mass is 16.5. The Morgan fingerprint density at radius 3 is 3.00 bits per heavy atom. The second-order valence-corrected chi connectivity index (χ2v) is 3.04. The van der Waals surface area contributed by atoms with Crippen molar-refractivity contribution in [3.05, 3.63) is 42.2 Å². The van der Waals surface area contributed by atoms with Gasteiger partial charge in [-0.25, -0.2) is 4.98 Å². The molecule has 0 aliphatic rings. The molecule has 1 atom stereocenters. The van der Waals surface area contributed by atoms with Crippen LogP contribution in [-0.4, -0.2) is 27.2 Å². The van der Waals surface area contributed by atoms with Crippen molar-refractivity contribution in [2.75, 3.05) is 7.11 Å². The highest BCUT2D eigenvalue weighted by Gasteiger charge is 2.13. The van der Waals surface area contributed by atoms with E-state index < -0.39 is 6.10 Å². The maximum atomic E-state index is 9.91. The zero-order valence-electron chi connectivity index (χ0n) is 8.21. The molecule has 78 valence electrons. The van der Waals surface area contributed by atoms with Gasteiger partial charge < -0.3 is 14.8 Å². The number of rotatable bonds is 3. The summed E-state index contributed by atoms with van der Waals surface area (Å²) in [6, 6.07) is 1.72. The highest BCUT2D eigenvalue weighted by molar-refractivity contribution is 5.27. The number of aliphatic hydroxyl groups excluding tert-OH is 1. The van der Waals surface area contributed by atoms with E-state index in [9.17, 15) is 5.11 Å². The molecule has 2 N–H and O–H groups in total. The summed E-state index contributed by atoms with van der Waals surface area (Å²) < 4.78 is 5.02. The fraction of sp³-hybridized carbons (Fsp3) is 0.200. The lowest BCUT2D eigenvalue weighted by molar-refractivity contribution is 0.210. The summed E-state index contributed by atoms with van der Waals surface area (Å²) in [5.74, 6) is 1.10. The van der Waals surface area contributed by atoms with Crippen molar-refractivity contribution in [1.82, 2.24) is 15.0 Å². The number of pyridine rings is 1. The summed E-state index contributed by atoms with van der Waals surface area (Å²) in [6.45, 7) is 0. The Hall–Kier alpha value is -1.88. The first-order valence-corrected chi connectivity index (χ1v) is 4.47. The van der Waals surface area contributed by atoms with E-state index in [-0.39, 0.29) is 0 Å². The van der Waals surface area contributed by atoms with Gasteiger partial charge in [-0.2, -0.15) is 0 Å². The fourth-order valence-electron chi connectivity index (χ4n) is 1.28. The number of aromatic amines is 1. The predicted molar refractivity (Wildman–Crippen MR) is 53.4 cm³/mol. The minimum Gasteiger partial charge on any atom is -0.495 e. The molecule has 0 aromatic carbocycles. The lowest BCUT2D eigenvalue weighted by atomic mass is 10.1. The summed E-state index contributed by atoms with van der Waals surface area (Å²) in [5.41, 5.74) is 0.643. The van der Waals surface area contributed by atoms with Crippen LogP contribution in [0.3, 0.4) is 0 Å². The Morgan fingerprint density at radius 1 is 1.47 bits per heavy atom. The van der Waals surface area contributed by atoms with Gasteiger partial charge in [-0.15, -0.1) is 0 Å². The third-order valence-corrected chi connectivity index (χ3v) is 2.06. The molecule has 0 fully saturated rings. The summed E-state index contributed by atoms with van der Waals surface area (Å²) >= 11 is 0. The Labute approximate surface area is 86.8 Å². The van der Waals surface area contributed by atoms with Gasteiger partial charge in [0.1, 0.15) is 17.7 Å². The molecule has 0 spiro atoms. The molecule has 0 amide bonds. The fourth-order valence-corrected chi connectivity index (χ4v) is 1.28. The molecular formula is C10H11N3O2. The van der Waals surface area contributed by atoms with Crippen LogP contribution in [0.4, 0.5) is 0 Å². The van der Waals surface area contributed by atoms with Crippen LogP contribution in [-0.2, 0) is 0 Å². The van der Waals surface area contributed by atoms with Gasteiger partial charge in [-0.1, -0.05) is 0 Å². The number of hydrogen-bond acceptors (Lipinski definition) is 4. The van der Waals surface area contributed by atoms with Gasteiger partial charge in [0.05, 0.1) is 13.3 Å². The van der Waals surface area contributed by atoms with Gasteiger partial charge in [0.2, 0.25) is 0 Å². The van der Waals surface area contributed by atoms with Crippen molar-refractivity contribution < 1.29 is 9.84 Å². The standard InChI is InChI=1S/C10H11N3O2/c1-15-8-4-7(5-11-6-8)9(14)10-12-2-3-13-10/h2-6,9,14H,1H3,(H,12,13). The number of hydrogen-bond donors (Lipinski definition) is 2. The molecule has 15 heavy (non-hydrogen) atoms. The van der Waals surface area contributed by atoms with E-state index in [0.29, 0.717) is 17.1 Å². The minimum absolute atomic E-state index is 0.491. The number of imidazole rings is 1. The van der Waals surface area contributed by atoms with Crippen LogP contribution >= 0.6 is 0 Å². The van der Waals surface area contributed by atoms with Crippen LogP contribution in [0.15, 0.2) is 30.9 Å². The normalized spacial score (nSPS) is 12.4. The molecule has 5 nitrogen and oxygen atoms in total. The van der Waals surface area contributed by atoms with Gasteiger partial charge >= 0.3 is 0 Å². The molecule has 0 aliphatic carbocycles. The summed E-state index contributed by atoms with van der Waals surface area (Å²) in [5, 5.41) is 9.91. The van der Waals surface area contributed by atoms with Crippen LogP contribution < -0.4 is 4.74 Å². The van der Waals surface area contributed by atoms with E-state index in [4.69, 9.17) is 4.74 Å². The Balaban J connectivity index is 2.29. The molecule has 0 aliphatic heterocycles. The zero-order valence-corrected chi connectivity index (χ0v) is 8.21. The number of ether oxygens (including phenoxy) is 1. The maximum Gasteiger partial charge on any atom is 0.139 e. The smallest absolute Gasteiger partial charge is 0.139 e. The minimum atomic E-state index is -0.803. The average molecular weight is 205 g/mol. The molecule has 0 saturated carbocycles. The van der Waals surface area contributed by atoms with Crippen LogP contribution in [0, 0.1) is 0 Å². The number of aliphatic hydroxyl groups is 1. The predicted octanol–water partition coefficient (Wildman–Crippen LogP) is 0.895. The molecule has 0 saturated heterocycles. The van der Waals surface area contributed by atoms with E-state index in [1.54, 1.807) is 38.0 Å². The van der Waals surface area contributed by atoms with Crippen molar-refractivity contribution in [1.29, 1.82) is 0 Å². The van der Waals surface area contributed by atoms with Crippen LogP contribution in [0.2, 0.25) is 0 Å². The Morgan fingerprint density at radius 2 is 2.33 bits per heavy atom. The van der Waals surface area contributed by atoms with E-state index in [1.165, 1.54) is 0 Å². The van der Waals surface area contributed by atoms with Crippen molar-refractivity contribution in [3.63, 3.8) is 0 Å². The molecule has 2 aromatic rings. The average Bonchev–Trinajstić information content (AvgIpc) is 2.81. The number of nitrogens with one attached hydrogen (secondary N) is 1. The molecule has 5 heteroatoms. The largest absolute Gasteiger partial charge is 0.495 e. The summed E-state index contributed by atoms with van der Waals surface area (Å²) in [7, 11) is 1.56. The summed E-state index contributed by atoms with van der Waals surface area (Å²) in [6.07, 6.45) is 5.61. The van der Waals surface area contributed by atoms with Gasteiger partial charge in [-0.05, 0) is 6.07 Å². The molecule has 0 radical (unpaired) electrons. The van der Waals surface area contributed by atoms with Crippen molar-refractivity contribution in [3.8, 4) is 5.75 Å². The lowest BCUT2D eigenvalue weighted by Gasteiger charge is -2.08. The lowest BCUT2D eigenvalue weighted by Crippen LogP contribution is -2.02. The number of aromatic nitrogens is 3. The zero-order chi connectivity index (χ0) is 10.7. The molecule has 2 rings (SSSR count). The van der Waals surface area contributed by atoms with E-state index in [1.807, 2.05) is 0 Å². The van der Waals surface area contributed by atoms with Crippen molar-refractivity contribution >= 4 is 0 Å². The topological polar surface area (TPSA) is 71.0 Å². The third-order valence-electron chi connectivity index (χ3n) is 2.06. The van der Waals surface area contributed by atoms with E-state index >= 15 is 0 Å². The van der Waals surface area contributed by atoms with Gasteiger partial charge in [0, 0.05) is 24.2 Å². The monoisotopic (exact) mass is 205 g/mol. The number of nitrogens with zero attached hydrogens (tertiary/aromatic N) is 2. The molecule has 2 heterocycles. The van der Waals surface area contributed by atoms with E-state index in [2.05, 4.69) is 15.0 Å². The van der Waals surface area contributed by atoms with E-state index in [0.717, 1.165) is 0 Å². The van der Waals surface area contributed by atoms with Crippen LogP contribution in [0.1, 0.15) is 17.5 Å². The quantitative estimate of drug-likeness (QED) is 0.780. The van der Waals surface area contributed by atoms with Gasteiger partial charge in [-0.3, -0.25) is 4.98 Å². The number of methoxy groups -OCH3 is 1. The molecule has 0 bridgehead atoms. The van der Waals surface area contributed by atoms with Gasteiger partial charge in [0.15, 0.2) is 0 Å². The maximum absolute atomic E-state index is 9.91. The second kappa shape index (κ2) is 4.10. The first-order valence-electron chi connectivity index (χ1n) is 4.47. The second-order valence-electron chi connectivity index (χ2n) is 3.04. The van der Waals surface area contributed by atoms with Crippen molar-refractivity contribution in [2.24, 2.45) is 0 Å². The summed E-state index contributed by atoms with van der Waals surface area (Å²) in [4.78, 5) is 10.8. The van der Waals surface area contributed by atoms with Crippen molar-refractivity contribution in [2.45, 2.75) is 6.10 Å². The molecule has 1 unspecified atom stereocenters. The highest BCUT2D eigenvalue weighted by Crippen LogP contribution is 2.21. The first kappa shape index (κ1) is 9.67. The van der Waals surface area contributed by atoms with Gasteiger partial charge in [0.25, 0.3) is 0 Å². The van der Waals surface area contributed by atoms with Crippen LogP contribution in [0.5, 0.6) is 5.75 Å². The number of H-pyrrole nitrogens is 1. The SMILES string of the molecule is COc1cncc(C(O)c2ncc[nH]2)c1. The first-order chi connectivity index (χ1) is 7.31.